The lowest BCUT2D eigenvalue weighted by Crippen LogP contribution is -1.89. The maximum atomic E-state index is 12.5. The lowest BCUT2D eigenvalue weighted by atomic mass is 10.3. The van der Waals surface area contributed by atoms with E-state index in [1.165, 1.54) is 48.4 Å². The van der Waals surface area contributed by atoms with Crippen molar-refractivity contribution in [3.8, 4) is 0 Å². The number of hydrogen-bond donors (Lipinski definition) is 0. The van der Waals surface area contributed by atoms with Gasteiger partial charge in [-0.05, 0) is 12.8 Å². The molecular weight excluding hydrogens is 314 g/mol. The molecule has 0 saturated heterocycles. The predicted octanol–water partition coefficient (Wildman–Crippen LogP) is 6.79. The standard InChI is InChI=1S/C11H23Cl2OPS2/c1-3-5-7-9-16-15(14,11(12)13)17-10-8-6-4-2/h11H,3-10H2,1-2H3. The Hall–Kier alpha value is 1.51. The Balaban J connectivity index is 3.95. The fourth-order valence-corrected chi connectivity index (χ4v) is 9.96. The predicted molar refractivity (Wildman–Crippen MR) is 87.1 cm³/mol. The molecule has 17 heavy (non-hydrogen) atoms. The molecule has 0 N–H and O–H groups in total. The molecule has 6 heteroatoms. The van der Waals surface area contributed by atoms with Crippen LogP contribution in [0.1, 0.15) is 52.4 Å². The van der Waals surface area contributed by atoms with Gasteiger partial charge in [-0.15, -0.1) is 0 Å². The number of unbranched alkanes of at least 4 members (excludes halogenated alkanes) is 4. The third-order valence-corrected chi connectivity index (χ3v) is 13.9. The van der Waals surface area contributed by atoms with Crippen LogP contribution in [0.2, 0.25) is 0 Å². The van der Waals surface area contributed by atoms with Crippen LogP contribution in [0.15, 0.2) is 0 Å². The number of rotatable bonds is 11. The Morgan fingerprint density at radius 3 is 1.65 bits per heavy atom. The average Bonchev–Trinajstić information content (AvgIpc) is 2.30. The average molecular weight is 337 g/mol. The van der Waals surface area contributed by atoms with E-state index < -0.39 is 10.1 Å². The molecule has 0 aliphatic carbocycles. The van der Waals surface area contributed by atoms with Crippen molar-refractivity contribution in [1.29, 1.82) is 0 Å². The molecule has 104 valence electrons. The molecule has 0 radical (unpaired) electrons. The molecule has 0 atom stereocenters. The second-order valence-electron chi connectivity index (χ2n) is 3.90. The highest BCUT2D eigenvalue weighted by Gasteiger charge is 2.30. The first-order chi connectivity index (χ1) is 8.06. The molecule has 0 spiro atoms. The highest BCUT2D eigenvalue weighted by molar-refractivity contribution is 8.91. The van der Waals surface area contributed by atoms with Gasteiger partial charge in [0, 0.05) is 11.5 Å². The van der Waals surface area contributed by atoms with Crippen molar-refractivity contribution in [3.63, 3.8) is 0 Å². The van der Waals surface area contributed by atoms with Gasteiger partial charge in [-0.1, -0.05) is 85.5 Å². The summed E-state index contributed by atoms with van der Waals surface area (Å²) in [6, 6.07) is 0. The molecular formula is C11H23Cl2OPS2. The molecule has 0 fully saturated rings. The smallest absolute Gasteiger partial charge is 0.222 e. The fraction of sp³-hybridized carbons (Fsp3) is 1.00. The first-order valence-electron chi connectivity index (χ1n) is 6.23. The van der Waals surface area contributed by atoms with Crippen LogP contribution in [0, 0.1) is 0 Å². The normalized spacial score (nSPS) is 12.3. The quantitative estimate of drug-likeness (QED) is 0.235. The first kappa shape index (κ1) is 18.5. The first-order valence-corrected chi connectivity index (χ1v) is 12.1. The van der Waals surface area contributed by atoms with Gasteiger partial charge in [-0.2, -0.15) is 0 Å². The summed E-state index contributed by atoms with van der Waals surface area (Å²) in [5, 5.41) is 0. The summed E-state index contributed by atoms with van der Waals surface area (Å²) < 4.78 is 11.8. The Morgan fingerprint density at radius 1 is 0.941 bits per heavy atom. The van der Waals surface area contributed by atoms with Crippen LogP contribution >= 0.6 is 51.5 Å². The van der Waals surface area contributed by atoms with Crippen molar-refractivity contribution in [2.75, 3.05) is 11.5 Å². The lowest BCUT2D eigenvalue weighted by molar-refractivity contribution is 0.595. The highest BCUT2D eigenvalue weighted by Crippen LogP contribution is 2.74. The van der Waals surface area contributed by atoms with Crippen LogP contribution < -0.4 is 0 Å². The van der Waals surface area contributed by atoms with Gasteiger partial charge in [0.1, 0.15) is 0 Å². The summed E-state index contributed by atoms with van der Waals surface area (Å²) in [4.78, 5) is 0. The summed E-state index contributed by atoms with van der Waals surface area (Å²) in [5.74, 6) is 1.81. The van der Waals surface area contributed by atoms with Gasteiger partial charge < -0.3 is 0 Å². The van der Waals surface area contributed by atoms with Crippen molar-refractivity contribution in [1.82, 2.24) is 0 Å². The zero-order valence-corrected chi connectivity index (χ0v) is 14.7. The van der Waals surface area contributed by atoms with Gasteiger partial charge in [-0.25, -0.2) is 0 Å². The minimum absolute atomic E-state index is 0.735. The van der Waals surface area contributed by atoms with E-state index in [1.54, 1.807) is 0 Å². The summed E-state index contributed by atoms with van der Waals surface area (Å²) in [6.07, 6.45) is 6.92. The van der Waals surface area contributed by atoms with E-state index in [4.69, 9.17) is 23.2 Å². The van der Waals surface area contributed by atoms with Gasteiger partial charge in [0.05, 0.1) is 0 Å². The zero-order chi connectivity index (χ0) is 13.1. The Labute approximate surface area is 124 Å². The van der Waals surface area contributed by atoms with Crippen LogP contribution in [0.3, 0.4) is 0 Å². The van der Waals surface area contributed by atoms with Crippen LogP contribution in [-0.2, 0) is 4.57 Å². The molecule has 0 aliphatic rings. The van der Waals surface area contributed by atoms with E-state index in [0.717, 1.165) is 24.3 Å². The maximum Gasteiger partial charge on any atom is 0.222 e. The Kier molecular flexibility index (Phi) is 12.4. The second kappa shape index (κ2) is 11.3. The molecule has 0 aliphatic heterocycles. The molecule has 0 rings (SSSR count). The van der Waals surface area contributed by atoms with Crippen molar-refractivity contribution >= 4 is 51.5 Å². The van der Waals surface area contributed by atoms with Crippen molar-refractivity contribution < 1.29 is 4.57 Å². The number of halogens is 2. The van der Waals surface area contributed by atoms with Crippen LogP contribution in [0.5, 0.6) is 0 Å². The van der Waals surface area contributed by atoms with Gasteiger partial charge in [-0.3, -0.25) is 4.57 Å². The van der Waals surface area contributed by atoms with E-state index in [0.29, 0.717) is 0 Å². The van der Waals surface area contributed by atoms with Crippen LogP contribution in [0.4, 0.5) is 0 Å². The molecule has 0 bridgehead atoms. The number of alkyl halides is 2. The third kappa shape index (κ3) is 9.10. The molecule has 0 amide bonds. The molecule has 0 aromatic rings. The summed E-state index contributed by atoms with van der Waals surface area (Å²) >= 11 is 14.7. The topological polar surface area (TPSA) is 17.1 Å². The minimum atomic E-state index is -2.51. The second-order valence-corrected chi connectivity index (χ2v) is 14.0. The molecule has 0 aromatic carbocycles. The largest absolute Gasteiger partial charge is 0.298 e. The third-order valence-electron chi connectivity index (χ3n) is 2.28. The van der Waals surface area contributed by atoms with Crippen molar-refractivity contribution in [2.24, 2.45) is 0 Å². The van der Waals surface area contributed by atoms with E-state index in [-0.39, 0.29) is 0 Å². The van der Waals surface area contributed by atoms with Gasteiger partial charge in [0.2, 0.25) is 5.55 Å². The van der Waals surface area contributed by atoms with Crippen LogP contribution in [-0.4, -0.2) is 16.1 Å². The van der Waals surface area contributed by atoms with E-state index >= 15 is 0 Å². The van der Waals surface area contributed by atoms with Crippen molar-refractivity contribution in [3.05, 3.63) is 0 Å². The highest BCUT2D eigenvalue weighted by atomic mass is 35.5. The van der Waals surface area contributed by atoms with E-state index in [9.17, 15) is 4.57 Å². The Bertz CT molecular complexity index is 212. The molecule has 0 aromatic heterocycles. The zero-order valence-electron chi connectivity index (χ0n) is 10.7. The summed E-state index contributed by atoms with van der Waals surface area (Å²) in [5.41, 5.74) is -2.51. The van der Waals surface area contributed by atoms with Gasteiger partial charge in [0.15, 0.2) is 4.58 Å². The molecule has 0 unspecified atom stereocenters. The molecule has 0 saturated carbocycles. The lowest BCUT2D eigenvalue weighted by Gasteiger charge is -2.17. The molecule has 1 nitrogen and oxygen atoms in total. The summed E-state index contributed by atoms with van der Waals surface area (Å²) in [7, 11) is 0. The minimum Gasteiger partial charge on any atom is -0.298 e. The summed E-state index contributed by atoms with van der Waals surface area (Å²) in [6.45, 7) is 4.32. The monoisotopic (exact) mass is 336 g/mol. The fourth-order valence-electron chi connectivity index (χ4n) is 1.24. The maximum absolute atomic E-state index is 12.5. The van der Waals surface area contributed by atoms with Gasteiger partial charge >= 0.3 is 0 Å². The SMILES string of the molecule is CCCCCSP(=O)(SCCCCC)C(Cl)Cl. The van der Waals surface area contributed by atoms with E-state index in [2.05, 4.69) is 13.8 Å². The van der Waals surface area contributed by atoms with E-state index in [1.807, 2.05) is 0 Å². The van der Waals surface area contributed by atoms with Gasteiger partial charge in [0.25, 0.3) is 0 Å². The number of hydrogen-bond acceptors (Lipinski definition) is 3. The van der Waals surface area contributed by atoms with Crippen molar-refractivity contribution in [2.45, 2.75) is 56.9 Å². The Morgan fingerprint density at radius 2 is 1.35 bits per heavy atom. The molecule has 0 heterocycles. The van der Waals surface area contributed by atoms with Crippen LogP contribution in [0.25, 0.3) is 0 Å².